The van der Waals surface area contributed by atoms with Crippen LogP contribution in [0.3, 0.4) is 0 Å². The lowest BCUT2D eigenvalue weighted by Crippen LogP contribution is -2.30. The summed E-state index contributed by atoms with van der Waals surface area (Å²) >= 11 is 0. The quantitative estimate of drug-likeness (QED) is 0.0261. The summed E-state index contributed by atoms with van der Waals surface area (Å²) < 4.78 is 17.0. The topological polar surface area (TPSA) is 78.9 Å². The van der Waals surface area contributed by atoms with Gasteiger partial charge in [-0.05, 0) is 96.3 Å². The Kier molecular flexibility index (Phi) is 65.7. The van der Waals surface area contributed by atoms with Crippen LogP contribution in [0.25, 0.3) is 0 Å². The molecular weight excluding hydrogens is 997 g/mol. The Morgan fingerprint density at radius 2 is 0.481 bits per heavy atom. The Bertz CT molecular complexity index is 1580. The highest BCUT2D eigenvalue weighted by molar-refractivity contribution is 5.71. The molecule has 0 fully saturated rings. The van der Waals surface area contributed by atoms with E-state index in [1.54, 1.807) is 0 Å². The van der Waals surface area contributed by atoms with E-state index in [1.807, 2.05) is 0 Å². The molecule has 0 spiro atoms. The summed E-state index contributed by atoms with van der Waals surface area (Å²) in [6.07, 6.45) is 92.8. The standard InChI is InChI=1S/C75H130O6/c1-4-7-10-13-16-19-22-25-28-31-33-35-36-37-38-40-41-44-47-50-53-56-59-62-65-68-74(77)80-71-72(70-79-73(76)67-64-61-58-55-52-49-46-43-30-27-24-21-18-15-12-9-6-3)81-75(78)69-66-63-60-57-54-51-48-45-42-39-34-32-29-26-23-20-17-14-11-8-5-2/h7-8,10-11,16-17,19-20,25-26,28-29,33-35,39,72H,4-6,9,12-15,18,21-24,27,30-32,36-38,40-71H2,1-3H3/b10-7-,11-8-,19-16-,20-17-,28-25-,29-26-,35-33-,39-34-. The molecule has 0 bridgehead atoms. The van der Waals surface area contributed by atoms with Crippen LogP contribution in [0.5, 0.6) is 0 Å². The molecular formula is C75H130O6. The number of unbranched alkanes of at least 4 members (excludes halogenated alkanes) is 36. The predicted molar refractivity (Wildman–Crippen MR) is 353 cm³/mol. The van der Waals surface area contributed by atoms with Gasteiger partial charge < -0.3 is 14.2 Å². The Balaban J connectivity index is 4.35. The Labute approximate surface area is 502 Å². The summed E-state index contributed by atoms with van der Waals surface area (Å²) in [4.78, 5) is 38.5. The molecule has 6 nitrogen and oxygen atoms in total. The largest absolute Gasteiger partial charge is 0.462 e. The first-order valence-corrected chi connectivity index (χ1v) is 34.7. The van der Waals surface area contributed by atoms with Crippen LogP contribution in [-0.4, -0.2) is 37.2 Å². The van der Waals surface area contributed by atoms with E-state index in [9.17, 15) is 14.4 Å². The zero-order valence-corrected chi connectivity index (χ0v) is 53.5. The second-order valence-corrected chi connectivity index (χ2v) is 23.0. The maximum Gasteiger partial charge on any atom is 0.306 e. The van der Waals surface area contributed by atoms with Crippen molar-refractivity contribution in [2.75, 3.05) is 13.2 Å². The summed E-state index contributed by atoms with van der Waals surface area (Å²) in [5, 5.41) is 0. The third-order valence-electron chi connectivity index (χ3n) is 15.1. The molecule has 0 rings (SSSR count). The molecule has 0 radical (unpaired) electrons. The SMILES string of the molecule is CC/C=C\C/C=C\C/C=C\C/C=C\CCCCCCCCCCCCCCC(=O)OCC(COC(=O)CCCCCCCCCCCCCCCCCCC)OC(=O)CCCCCCCCCC/C=C\C/C=C\C/C=C\C/C=C\CC. The Hall–Kier alpha value is -3.67. The van der Waals surface area contributed by atoms with E-state index in [4.69, 9.17) is 14.2 Å². The molecule has 0 saturated heterocycles. The summed E-state index contributed by atoms with van der Waals surface area (Å²) in [5.74, 6) is -0.870. The van der Waals surface area contributed by atoms with Crippen LogP contribution in [-0.2, 0) is 28.6 Å². The summed E-state index contributed by atoms with van der Waals surface area (Å²) in [6, 6.07) is 0. The van der Waals surface area contributed by atoms with E-state index >= 15 is 0 Å². The van der Waals surface area contributed by atoms with Crippen LogP contribution >= 0.6 is 0 Å². The molecule has 0 saturated carbocycles. The number of allylic oxidation sites excluding steroid dienone is 16. The van der Waals surface area contributed by atoms with Crippen LogP contribution < -0.4 is 0 Å². The molecule has 1 unspecified atom stereocenters. The second-order valence-electron chi connectivity index (χ2n) is 23.0. The van der Waals surface area contributed by atoms with Crippen molar-refractivity contribution in [3.05, 3.63) is 97.2 Å². The highest BCUT2D eigenvalue weighted by Gasteiger charge is 2.19. The van der Waals surface area contributed by atoms with Gasteiger partial charge in [0.1, 0.15) is 13.2 Å². The zero-order valence-electron chi connectivity index (χ0n) is 53.5. The molecule has 0 amide bonds. The number of esters is 3. The fraction of sp³-hybridized carbons (Fsp3) is 0.747. The van der Waals surface area contributed by atoms with E-state index in [2.05, 4.69) is 118 Å². The molecule has 0 heterocycles. The van der Waals surface area contributed by atoms with E-state index in [0.717, 1.165) is 116 Å². The molecule has 0 aromatic rings. The first-order valence-electron chi connectivity index (χ1n) is 34.7. The third-order valence-corrected chi connectivity index (χ3v) is 15.1. The van der Waals surface area contributed by atoms with Crippen molar-refractivity contribution in [1.82, 2.24) is 0 Å². The molecule has 81 heavy (non-hydrogen) atoms. The second kappa shape index (κ2) is 68.8. The van der Waals surface area contributed by atoms with Gasteiger partial charge in [-0.3, -0.25) is 14.4 Å². The number of hydrogen-bond donors (Lipinski definition) is 0. The van der Waals surface area contributed by atoms with Gasteiger partial charge in [-0.15, -0.1) is 0 Å². The van der Waals surface area contributed by atoms with Crippen molar-refractivity contribution in [3.63, 3.8) is 0 Å². The average molecular weight is 1130 g/mol. The zero-order chi connectivity index (χ0) is 58.5. The van der Waals surface area contributed by atoms with Crippen molar-refractivity contribution < 1.29 is 28.6 Å². The fourth-order valence-corrected chi connectivity index (χ4v) is 9.96. The van der Waals surface area contributed by atoms with Crippen LogP contribution in [0.1, 0.15) is 342 Å². The first-order chi connectivity index (χ1) is 40.0. The third kappa shape index (κ3) is 67.0. The molecule has 6 heteroatoms. The normalized spacial score (nSPS) is 12.7. The lowest BCUT2D eigenvalue weighted by molar-refractivity contribution is -0.167. The van der Waals surface area contributed by atoms with Gasteiger partial charge in [0, 0.05) is 19.3 Å². The summed E-state index contributed by atoms with van der Waals surface area (Å²) in [5.41, 5.74) is 0. The summed E-state index contributed by atoms with van der Waals surface area (Å²) in [7, 11) is 0. The van der Waals surface area contributed by atoms with Crippen LogP contribution in [0.2, 0.25) is 0 Å². The van der Waals surface area contributed by atoms with E-state index in [-0.39, 0.29) is 31.1 Å². The van der Waals surface area contributed by atoms with E-state index in [0.29, 0.717) is 19.3 Å². The molecule has 1 atom stereocenters. The number of ether oxygens (including phenoxy) is 3. The highest BCUT2D eigenvalue weighted by atomic mass is 16.6. The maximum absolute atomic E-state index is 13.0. The molecule has 0 N–H and O–H groups in total. The lowest BCUT2D eigenvalue weighted by Gasteiger charge is -2.18. The van der Waals surface area contributed by atoms with Gasteiger partial charge in [-0.1, -0.05) is 323 Å². The monoisotopic (exact) mass is 1130 g/mol. The molecule has 0 aromatic carbocycles. The highest BCUT2D eigenvalue weighted by Crippen LogP contribution is 2.17. The van der Waals surface area contributed by atoms with Crippen molar-refractivity contribution >= 4 is 17.9 Å². The Morgan fingerprint density at radius 1 is 0.259 bits per heavy atom. The number of rotatable bonds is 63. The van der Waals surface area contributed by atoms with Crippen molar-refractivity contribution in [2.24, 2.45) is 0 Å². The van der Waals surface area contributed by atoms with Gasteiger partial charge >= 0.3 is 17.9 Å². The number of hydrogen-bond acceptors (Lipinski definition) is 6. The first kappa shape index (κ1) is 77.3. The van der Waals surface area contributed by atoms with Gasteiger partial charge in [0.15, 0.2) is 6.10 Å². The maximum atomic E-state index is 13.0. The van der Waals surface area contributed by atoms with Gasteiger partial charge in [0.2, 0.25) is 0 Å². The number of carbonyl (C=O) groups is 3. The predicted octanol–water partition coefficient (Wildman–Crippen LogP) is 24.0. The van der Waals surface area contributed by atoms with Crippen molar-refractivity contribution in [3.8, 4) is 0 Å². The van der Waals surface area contributed by atoms with Crippen molar-refractivity contribution in [1.29, 1.82) is 0 Å². The molecule has 0 aliphatic heterocycles. The van der Waals surface area contributed by atoms with Crippen LogP contribution in [0.4, 0.5) is 0 Å². The van der Waals surface area contributed by atoms with Gasteiger partial charge in [0.25, 0.3) is 0 Å². The van der Waals surface area contributed by atoms with Gasteiger partial charge in [-0.25, -0.2) is 0 Å². The summed E-state index contributed by atoms with van der Waals surface area (Å²) in [6.45, 7) is 6.46. The van der Waals surface area contributed by atoms with Gasteiger partial charge in [0.05, 0.1) is 0 Å². The molecule has 0 aromatic heterocycles. The van der Waals surface area contributed by atoms with Crippen molar-refractivity contribution in [2.45, 2.75) is 348 Å². The minimum absolute atomic E-state index is 0.0776. The molecule has 0 aliphatic carbocycles. The van der Waals surface area contributed by atoms with Crippen LogP contribution in [0.15, 0.2) is 97.2 Å². The van der Waals surface area contributed by atoms with E-state index in [1.165, 1.54) is 186 Å². The minimum atomic E-state index is -0.784. The smallest absolute Gasteiger partial charge is 0.306 e. The number of carbonyl (C=O) groups excluding carboxylic acids is 3. The fourth-order valence-electron chi connectivity index (χ4n) is 9.96. The van der Waals surface area contributed by atoms with Crippen LogP contribution in [0, 0.1) is 0 Å². The lowest BCUT2D eigenvalue weighted by atomic mass is 10.0. The molecule has 0 aliphatic rings. The minimum Gasteiger partial charge on any atom is -0.462 e. The Morgan fingerprint density at radius 3 is 0.753 bits per heavy atom. The average Bonchev–Trinajstić information content (AvgIpc) is 3.47. The van der Waals surface area contributed by atoms with Gasteiger partial charge in [-0.2, -0.15) is 0 Å². The van der Waals surface area contributed by atoms with E-state index < -0.39 is 6.10 Å². The molecule has 466 valence electrons.